The lowest BCUT2D eigenvalue weighted by atomic mass is 9.77. The predicted molar refractivity (Wildman–Crippen MR) is 103 cm³/mol. The van der Waals surface area contributed by atoms with Gasteiger partial charge in [0, 0.05) is 23.9 Å². The molecule has 1 saturated carbocycles. The fraction of sp³-hybridized carbons (Fsp3) is 0.316. The normalized spacial score (nSPS) is 21.5. The molecule has 0 saturated heterocycles. The van der Waals surface area contributed by atoms with Gasteiger partial charge in [-0.25, -0.2) is 17.2 Å². The molecule has 1 aliphatic rings. The summed E-state index contributed by atoms with van der Waals surface area (Å²) >= 11 is 6.04. The summed E-state index contributed by atoms with van der Waals surface area (Å²) in [4.78, 5) is 12.2. The SMILES string of the molecule is O=C(Nc1ccc(F)c(F)c1)c1ccc(Cl)c(S(=O)(=O)C2CC(O)(CCO)C2)c1. The maximum Gasteiger partial charge on any atom is 0.255 e. The van der Waals surface area contributed by atoms with Crippen molar-refractivity contribution in [2.24, 2.45) is 0 Å². The van der Waals surface area contributed by atoms with E-state index in [0.29, 0.717) is 0 Å². The zero-order chi connectivity index (χ0) is 21.4. The summed E-state index contributed by atoms with van der Waals surface area (Å²) in [5.74, 6) is -2.93. The second-order valence-electron chi connectivity index (χ2n) is 7.00. The van der Waals surface area contributed by atoms with Crippen molar-refractivity contribution in [3.63, 3.8) is 0 Å². The van der Waals surface area contributed by atoms with E-state index in [9.17, 15) is 27.1 Å². The summed E-state index contributed by atoms with van der Waals surface area (Å²) in [5.41, 5.74) is -1.27. The quantitative estimate of drug-likeness (QED) is 0.634. The molecule has 29 heavy (non-hydrogen) atoms. The van der Waals surface area contributed by atoms with Crippen LogP contribution in [0.3, 0.4) is 0 Å². The highest BCUT2D eigenvalue weighted by molar-refractivity contribution is 7.92. The first-order chi connectivity index (χ1) is 13.6. The Balaban J connectivity index is 1.82. The van der Waals surface area contributed by atoms with Crippen molar-refractivity contribution < 1.29 is 32.2 Å². The maximum absolute atomic E-state index is 13.3. The largest absolute Gasteiger partial charge is 0.396 e. The van der Waals surface area contributed by atoms with Gasteiger partial charge in [0.05, 0.1) is 20.8 Å². The summed E-state index contributed by atoms with van der Waals surface area (Å²) < 4.78 is 52.0. The van der Waals surface area contributed by atoms with E-state index in [4.69, 9.17) is 16.7 Å². The van der Waals surface area contributed by atoms with Crippen molar-refractivity contribution in [3.05, 3.63) is 58.6 Å². The van der Waals surface area contributed by atoms with Crippen LogP contribution in [0.1, 0.15) is 29.6 Å². The summed E-state index contributed by atoms with van der Waals surface area (Å²) in [7, 11) is -3.93. The Morgan fingerprint density at radius 2 is 1.86 bits per heavy atom. The zero-order valence-corrected chi connectivity index (χ0v) is 16.6. The van der Waals surface area contributed by atoms with E-state index >= 15 is 0 Å². The molecule has 0 atom stereocenters. The van der Waals surface area contributed by atoms with Crippen molar-refractivity contribution in [3.8, 4) is 0 Å². The molecule has 1 aliphatic carbocycles. The maximum atomic E-state index is 13.3. The van der Waals surface area contributed by atoms with Gasteiger partial charge in [-0.1, -0.05) is 11.6 Å². The lowest BCUT2D eigenvalue weighted by Gasteiger charge is -2.42. The average Bonchev–Trinajstić information content (AvgIpc) is 2.63. The number of nitrogens with one attached hydrogen (secondary N) is 1. The van der Waals surface area contributed by atoms with Crippen LogP contribution in [0, 0.1) is 11.6 Å². The smallest absolute Gasteiger partial charge is 0.255 e. The fourth-order valence-corrected chi connectivity index (χ4v) is 5.73. The summed E-state index contributed by atoms with van der Waals surface area (Å²) in [5, 5.41) is 20.5. The van der Waals surface area contributed by atoms with Crippen LogP contribution < -0.4 is 5.32 Å². The van der Waals surface area contributed by atoms with E-state index in [1.54, 1.807) is 0 Å². The van der Waals surface area contributed by atoms with E-state index in [2.05, 4.69) is 5.32 Å². The minimum atomic E-state index is -3.93. The van der Waals surface area contributed by atoms with E-state index < -0.39 is 38.2 Å². The molecule has 10 heteroatoms. The van der Waals surface area contributed by atoms with Gasteiger partial charge in [-0.05, 0) is 49.6 Å². The third-order valence-corrected chi connectivity index (χ3v) is 7.51. The Kier molecular flexibility index (Phi) is 5.96. The number of amides is 1. The van der Waals surface area contributed by atoms with Crippen molar-refractivity contribution in [2.45, 2.75) is 35.0 Å². The molecule has 0 radical (unpaired) electrons. The number of carbonyl (C=O) groups is 1. The molecule has 3 rings (SSSR count). The molecule has 0 heterocycles. The number of aliphatic hydroxyl groups is 2. The predicted octanol–water partition coefficient (Wildman–Crippen LogP) is 2.92. The van der Waals surface area contributed by atoms with Crippen LogP contribution in [-0.2, 0) is 9.84 Å². The second-order valence-corrected chi connectivity index (χ2v) is 9.61. The molecule has 0 unspecified atom stereocenters. The van der Waals surface area contributed by atoms with E-state index in [-0.39, 0.29) is 47.0 Å². The molecular weight excluding hydrogens is 428 g/mol. The highest BCUT2D eigenvalue weighted by Crippen LogP contribution is 2.42. The van der Waals surface area contributed by atoms with Crippen LogP contribution in [-0.4, -0.2) is 42.0 Å². The van der Waals surface area contributed by atoms with Gasteiger partial charge in [-0.3, -0.25) is 4.79 Å². The van der Waals surface area contributed by atoms with Crippen LogP contribution in [0.2, 0.25) is 5.02 Å². The number of hydrogen-bond donors (Lipinski definition) is 3. The number of hydrogen-bond acceptors (Lipinski definition) is 5. The summed E-state index contributed by atoms with van der Waals surface area (Å²) in [6.45, 7) is -0.260. The van der Waals surface area contributed by atoms with Crippen LogP contribution in [0.5, 0.6) is 0 Å². The fourth-order valence-electron chi connectivity index (χ4n) is 3.24. The molecule has 0 aliphatic heterocycles. The molecule has 2 aromatic carbocycles. The first-order valence-corrected chi connectivity index (χ1v) is 10.6. The molecule has 6 nitrogen and oxygen atoms in total. The monoisotopic (exact) mass is 445 g/mol. The zero-order valence-electron chi connectivity index (χ0n) is 15.0. The van der Waals surface area contributed by atoms with Crippen LogP contribution in [0.15, 0.2) is 41.3 Å². The van der Waals surface area contributed by atoms with Gasteiger partial charge in [0.1, 0.15) is 0 Å². The molecular formula is C19H18ClF2NO5S. The van der Waals surface area contributed by atoms with Gasteiger partial charge in [0.15, 0.2) is 21.5 Å². The Morgan fingerprint density at radius 1 is 1.17 bits per heavy atom. The highest BCUT2D eigenvalue weighted by atomic mass is 35.5. The van der Waals surface area contributed by atoms with Crippen molar-refractivity contribution in [1.82, 2.24) is 0 Å². The third kappa shape index (κ3) is 4.42. The lowest BCUT2D eigenvalue weighted by Crippen LogP contribution is -2.51. The van der Waals surface area contributed by atoms with E-state index in [1.807, 2.05) is 0 Å². The van der Waals surface area contributed by atoms with Gasteiger partial charge in [0.25, 0.3) is 5.91 Å². The summed E-state index contributed by atoms with van der Waals surface area (Å²) in [6.07, 6.45) is -0.0154. The lowest BCUT2D eigenvalue weighted by molar-refractivity contribution is -0.0475. The first-order valence-electron chi connectivity index (χ1n) is 8.69. The molecule has 1 amide bonds. The van der Waals surface area contributed by atoms with Gasteiger partial charge < -0.3 is 15.5 Å². The standard InChI is InChI=1S/C19H18ClF2NO5S/c20-14-3-1-11(18(25)23-12-2-4-15(21)16(22)8-12)7-17(14)29(27,28)13-9-19(26,10-13)5-6-24/h1-4,7-8,13,24,26H,5-6,9-10H2,(H,23,25). The average molecular weight is 446 g/mol. The highest BCUT2D eigenvalue weighted by Gasteiger charge is 2.49. The topological polar surface area (TPSA) is 104 Å². The van der Waals surface area contributed by atoms with Gasteiger partial charge in [0.2, 0.25) is 0 Å². The summed E-state index contributed by atoms with van der Waals surface area (Å²) in [6, 6.07) is 6.49. The molecule has 156 valence electrons. The molecule has 0 aromatic heterocycles. The number of sulfone groups is 1. The van der Waals surface area contributed by atoms with Crippen molar-refractivity contribution in [1.29, 1.82) is 0 Å². The molecule has 0 bridgehead atoms. The van der Waals surface area contributed by atoms with E-state index in [0.717, 1.165) is 18.2 Å². The minimum absolute atomic E-state index is 0.00122. The van der Waals surface area contributed by atoms with Crippen LogP contribution in [0.4, 0.5) is 14.5 Å². The Morgan fingerprint density at radius 3 is 2.48 bits per heavy atom. The first kappa shape index (κ1) is 21.6. The van der Waals surface area contributed by atoms with Crippen LogP contribution >= 0.6 is 11.6 Å². The Bertz CT molecular complexity index is 1050. The number of aliphatic hydroxyl groups excluding tert-OH is 1. The van der Waals surface area contributed by atoms with Gasteiger partial charge >= 0.3 is 0 Å². The van der Waals surface area contributed by atoms with Gasteiger partial charge in [-0.15, -0.1) is 0 Å². The second kappa shape index (κ2) is 7.98. The number of halogens is 3. The number of benzene rings is 2. The van der Waals surface area contributed by atoms with Crippen LogP contribution in [0.25, 0.3) is 0 Å². The Labute approximate surface area is 171 Å². The molecule has 1 fully saturated rings. The van der Waals surface area contributed by atoms with E-state index in [1.165, 1.54) is 18.2 Å². The molecule has 2 aromatic rings. The van der Waals surface area contributed by atoms with Gasteiger partial charge in [-0.2, -0.15) is 0 Å². The third-order valence-electron chi connectivity index (χ3n) is 4.91. The number of carbonyl (C=O) groups excluding carboxylic acids is 1. The molecule has 0 spiro atoms. The minimum Gasteiger partial charge on any atom is -0.396 e. The number of rotatable bonds is 6. The van der Waals surface area contributed by atoms with Crippen molar-refractivity contribution in [2.75, 3.05) is 11.9 Å². The molecule has 3 N–H and O–H groups in total. The van der Waals surface area contributed by atoms with Crippen molar-refractivity contribution >= 4 is 33.0 Å². The Hall–Kier alpha value is -2.07. The number of anilines is 1.